The van der Waals surface area contributed by atoms with Crippen molar-refractivity contribution in [2.24, 2.45) is 5.92 Å². The van der Waals surface area contributed by atoms with Crippen LogP contribution in [0.15, 0.2) is 12.1 Å². The molecular weight excluding hydrogens is 323 g/mol. The van der Waals surface area contributed by atoms with Crippen molar-refractivity contribution in [2.45, 2.75) is 44.3 Å². The van der Waals surface area contributed by atoms with Crippen LogP contribution in [0.4, 0.5) is 22.0 Å². The average molecular weight is 340 g/mol. The third-order valence-electron chi connectivity index (χ3n) is 4.99. The summed E-state index contributed by atoms with van der Waals surface area (Å²) in [6, 6.07) is 1.88. The van der Waals surface area contributed by atoms with Crippen molar-refractivity contribution >= 4 is 0 Å². The van der Waals surface area contributed by atoms with Crippen molar-refractivity contribution in [3.63, 3.8) is 0 Å². The van der Waals surface area contributed by atoms with Gasteiger partial charge < -0.3 is 14.6 Å². The van der Waals surface area contributed by atoms with Crippen molar-refractivity contribution < 1.29 is 36.5 Å². The Labute approximate surface area is 130 Å². The van der Waals surface area contributed by atoms with Crippen molar-refractivity contribution in [1.82, 2.24) is 0 Å². The summed E-state index contributed by atoms with van der Waals surface area (Å²) in [6.45, 7) is 3.36. The third kappa shape index (κ3) is 2.30. The highest BCUT2D eigenvalue weighted by molar-refractivity contribution is 5.43. The first-order chi connectivity index (χ1) is 10.4. The van der Waals surface area contributed by atoms with E-state index in [1.807, 2.05) is 0 Å². The molecular formula is C15H17F5O3. The lowest BCUT2D eigenvalue weighted by Crippen LogP contribution is -2.49. The fourth-order valence-corrected chi connectivity index (χ4v) is 3.08. The first-order valence-corrected chi connectivity index (χ1v) is 6.86. The molecule has 23 heavy (non-hydrogen) atoms. The molecule has 1 aromatic rings. The topological polar surface area (TPSA) is 38.7 Å². The van der Waals surface area contributed by atoms with Crippen molar-refractivity contribution in [2.75, 3.05) is 7.11 Å². The van der Waals surface area contributed by atoms with Crippen LogP contribution in [-0.2, 0) is 10.2 Å². The van der Waals surface area contributed by atoms with Crippen LogP contribution >= 0.6 is 0 Å². The molecule has 1 unspecified atom stereocenters. The largest absolute Gasteiger partial charge is 0.493 e. The van der Waals surface area contributed by atoms with E-state index in [-0.39, 0.29) is 5.56 Å². The Morgan fingerprint density at radius 1 is 1.22 bits per heavy atom. The number of aliphatic hydroxyl groups excluding tert-OH is 1. The fraction of sp³-hybridized carbons (Fsp3) is 0.600. The minimum atomic E-state index is -4.75. The molecule has 1 fully saturated rings. The van der Waals surface area contributed by atoms with Crippen molar-refractivity contribution in [3.8, 4) is 5.75 Å². The van der Waals surface area contributed by atoms with Crippen LogP contribution in [0.3, 0.4) is 0 Å². The van der Waals surface area contributed by atoms with Crippen molar-refractivity contribution in [3.05, 3.63) is 29.3 Å². The maximum atomic E-state index is 13.9. The molecule has 1 N–H and O–H groups in total. The summed E-state index contributed by atoms with van der Waals surface area (Å²) >= 11 is 0. The number of halogens is 5. The number of hydrogen-bond acceptors (Lipinski definition) is 3. The second-order valence-electron chi connectivity index (χ2n) is 6.02. The van der Waals surface area contributed by atoms with E-state index in [0.717, 1.165) is 26.2 Å². The number of rotatable bonds is 2. The average Bonchev–Trinajstić information content (AvgIpc) is 2.63. The number of alkyl halides is 3. The molecule has 4 atom stereocenters. The Morgan fingerprint density at radius 2 is 1.78 bits per heavy atom. The van der Waals surface area contributed by atoms with Gasteiger partial charge in [0.05, 0.1) is 12.5 Å². The van der Waals surface area contributed by atoms with Crippen LogP contribution in [0.25, 0.3) is 0 Å². The predicted molar refractivity (Wildman–Crippen MR) is 71.0 cm³/mol. The van der Waals surface area contributed by atoms with Crippen LogP contribution < -0.4 is 4.74 Å². The van der Waals surface area contributed by atoms with Gasteiger partial charge >= 0.3 is 6.18 Å². The molecule has 1 aliphatic rings. The van der Waals surface area contributed by atoms with E-state index in [2.05, 4.69) is 0 Å². The van der Waals surface area contributed by atoms with Gasteiger partial charge in [-0.2, -0.15) is 17.6 Å². The van der Waals surface area contributed by atoms with E-state index in [0.29, 0.717) is 0 Å². The molecule has 0 radical (unpaired) electrons. The molecule has 2 rings (SSSR count). The van der Waals surface area contributed by atoms with Gasteiger partial charge in [-0.3, -0.25) is 0 Å². The summed E-state index contributed by atoms with van der Waals surface area (Å²) in [5.41, 5.74) is -4.38. The molecule has 0 amide bonds. The van der Waals surface area contributed by atoms with Gasteiger partial charge in [0, 0.05) is 11.5 Å². The first kappa shape index (κ1) is 17.9. The van der Waals surface area contributed by atoms with Crippen LogP contribution in [0, 0.1) is 17.6 Å². The van der Waals surface area contributed by atoms with Gasteiger partial charge in [-0.1, -0.05) is 19.9 Å². The molecule has 3 nitrogen and oxygen atoms in total. The Kier molecular flexibility index (Phi) is 4.14. The monoisotopic (exact) mass is 340 g/mol. The van der Waals surface area contributed by atoms with Gasteiger partial charge in [-0.05, 0) is 13.0 Å². The summed E-state index contributed by atoms with van der Waals surface area (Å²) < 4.78 is 77.0. The Balaban J connectivity index is 2.66. The minimum absolute atomic E-state index is 0.0909. The summed E-state index contributed by atoms with van der Waals surface area (Å²) in [5.74, 6) is -4.36. The molecule has 0 aromatic heterocycles. The van der Waals surface area contributed by atoms with Crippen LogP contribution in [0.1, 0.15) is 26.3 Å². The van der Waals surface area contributed by atoms with Gasteiger partial charge in [0.1, 0.15) is 0 Å². The molecule has 8 heteroatoms. The summed E-state index contributed by atoms with van der Waals surface area (Å²) in [7, 11) is 1.07. The van der Waals surface area contributed by atoms with E-state index >= 15 is 0 Å². The Bertz CT molecular complexity index is 618. The number of aliphatic hydroxyl groups is 1. The molecule has 1 aromatic carbocycles. The second-order valence-corrected chi connectivity index (χ2v) is 6.02. The third-order valence-corrected chi connectivity index (χ3v) is 4.99. The van der Waals surface area contributed by atoms with Crippen LogP contribution in [-0.4, -0.2) is 30.3 Å². The zero-order valence-corrected chi connectivity index (χ0v) is 13.0. The molecule has 1 saturated heterocycles. The van der Waals surface area contributed by atoms with Crippen LogP contribution in [0.5, 0.6) is 5.75 Å². The Hall–Kier alpha value is -1.41. The highest BCUT2D eigenvalue weighted by Gasteiger charge is 2.69. The van der Waals surface area contributed by atoms with Gasteiger partial charge in [0.2, 0.25) is 5.82 Å². The smallest absolute Gasteiger partial charge is 0.417 e. The molecule has 130 valence electrons. The lowest BCUT2D eigenvalue weighted by Gasteiger charge is -2.36. The summed E-state index contributed by atoms with van der Waals surface area (Å²) in [4.78, 5) is 0. The molecule has 1 heterocycles. The van der Waals surface area contributed by atoms with Gasteiger partial charge in [0.15, 0.2) is 23.5 Å². The maximum Gasteiger partial charge on any atom is 0.417 e. The summed E-state index contributed by atoms with van der Waals surface area (Å²) in [5, 5.41) is 10.2. The Morgan fingerprint density at radius 3 is 2.22 bits per heavy atom. The first-order valence-electron chi connectivity index (χ1n) is 6.86. The molecule has 0 spiro atoms. The number of methoxy groups -OCH3 is 1. The normalized spacial score (nSPS) is 34.7. The van der Waals surface area contributed by atoms with Crippen LogP contribution in [0.2, 0.25) is 0 Å². The molecule has 1 aliphatic heterocycles. The minimum Gasteiger partial charge on any atom is -0.493 e. The molecule has 0 saturated carbocycles. The number of ether oxygens (including phenoxy) is 2. The van der Waals surface area contributed by atoms with Crippen molar-refractivity contribution in [1.29, 1.82) is 0 Å². The van der Waals surface area contributed by atoms with Gasteiger partial charge in [-0.15, -0.1) is 0 Å². The molecule has 0 aliphatic carbocycles. The fourth-order valence-electron chi connectivity index (χ4n) is 3.08. The standard InChI is InChI=1S/C15H17F5O3/c1-7-13(2,12(21)23-14(7,3)15(18,19)20)8-5-6-9(16)10(17)11(8)22-4/h5-7,12,21H,1-4H3/t7-,12?,13-,14+/m0/s1. The number of benzene rings is 1. The maximum absolute atomic E-state index is 13.9. The van der Waals surface area contributed by atoms with E-state index < -0.39 is 46.8 Å². The molecule has 0 bridgehead atoms. The lowest BCUT2D eigenvalue weighted by atomic mass is 9.67. The SMILES string of the molecule is COc1c([C@@]2(C)C(O)O[C@@](C)(C(F)(F)F)[C@H]2C)ccc(F)c1F. The van der Waals surface area contributed by atoms with E-state index in [1.54, 1.807) is 0 Å². The van der Waals surface area contributed by atoms with Gasteiger partial charge in [0.25, 0.3) is 0 Å². The van der Waals surface area contributed by atoms with E-state index in [4.69, 9.17) is 9.47 Å². The zero-order valence-electron chi connectivity index (χ0n) is 13.0. The quantitative estimate of drug-likeness (QED) is 0.837. The predicted octanol–water partition coefficient (Wildman–Crippen LogP) is 3.54. The number of hydrogen-bond donors (Lipinski definition) is 1. The van der Waals surface area contributed by atoms with E-state index in [1.165, 1.54) is 13.8 Å². The second kappa shape index (κ2) is 5.31. The van der Waals surface area contributed by atoms with Gasteiger partial charge in [-0.25, -0.2) is 4.39 Å². The zero-order chi connectivity index (χ0) is 17.8. The van der Waals surface area contributed by atoms with E-state index in [9.17, 15) is 27.1 Å². The lowest BCUT2D eigenvalue weighted by molar-refractivity contribution is -0.292. The summed E-state index contributed by atoms with van der Waals surface area (Å²) in [6.07, 6.45) is -6.63. The highest BCUT2D eigenvalue weighted by Crippen LogP contribution is 2.57. The highest BCUT2D eigenvalue weighted by atomic mass is 19.4.